The molecule has 3 aliphatic rings. The summed E-state index contributed by atoms with van der Waals surface area (Å²) in [6.45, 7) is 7.35. The molecule has 5 nitrogen and oxygen atoms in total. The van der Waals surface area contributed by atoms with Crippen molar-refractivity contribution in [1.29, 1.82) is 0 Å². The maximum atomic E-state index is 9.93. The lowest BCUT2D eigenvalue weighted by atomic mass is 9.99. The molecule has 2 fully saturated rings. The van der Waals surface area contributed by atoms with Crippen molar-refractivity contribution >= 4 is 27.4 Å². The molecule has 0 amide bonds. The van der Waals surface area contributed by atoms with Gasteiger partial charge >= 0.3 is 0 Å². The molecular formula is C21H30N4OS. The van der Waals surface area contributed by atoms with Crippen LogP contribution in [0.25, 0.3) is 10.2 Å². The minimum Gasteiger partial charge on any atom is -0.393 e. The Hall–Kier alpha value is -1.24. The van der Waals surface area contributed by atoms with Gasteiger partial charge in [-0.3, -0.25) is 4.90 Å². The van der Waals surface area contributed by atoms with E-state index in [4.69, 9.17) is 9.97 Å². The molecule has 2 aromatic rings. The van der Waals surface area contributed by atoms with E-state index in [1.807, 2.05) is 11.3 Å². The number of nitrogens with zero attached hydrogens (tertiary/aromatic N) is 4. The van der Waals surface area contributed by atoms with Crippen molar-refractivity contribution < 1.29 is 5.11 Å². The molecule has 4 heterocycles. The van der Waals surface area contributed by atoms with Crippen LogP contribution in [0.1, 0.15) is 55.3 Å². The zero-order chi connectivity index (χ0) is 18.4. The number of aliphatic hydroxyl groups is 1. The summed E-state index contributed by atoms with van der Waals surface area (Å²) in [5, 5.41) is 11.2. The Morgan fingerprint density at radius 3 is 2.59 bits per heavy atom. The van der Waals surface area contributed by atoms with Crippen molar-refractivity contribution in [3.05, 3.63) is 16.3 Å². The average Bonchev–Trinajstić information content (AvgIpc) is 3.24. The fourth-order valence-electron chi connectivity index (χ4n) is 4.82. The second kappa shape index (κ2) is 7.30. The van der Waals surface area contributed by atoms with Crippen LogP contribution in [-0.4, -0.2) is 52.3 Å². The predicted octanol–water partition coefficient (Wildman–Crippen LogP) is 3.37. The standard InChI is InChI=1S/C21H30N4OS/c1-14-5-9-24(10-6-14)13-18-22-20(25-11-7-15(26)8-12-25)19-16-3-2-4-17(16)27-21(19)23-18/h14-15,26H,2-13H2,1H3. The number of thiophene rings is 1. The Morgan fingerprint density at radius 1 is 1.04 bits per heavy atom. The minimum absolute atomic E-state index is 0.151. The topological polar surface area (TPSA) is 52.5 Å². The van der Waals surface area contributed by atoms with Gasteiger partial charge in [-0.15, -0.1) is 11.3 Å². The van der Waals surface area contributed by atoms with Crippen molar-refractivity contribution in [2.45, 2.75) is 64.5 Å². The molecule has 2 aromatic heterocycles. The minimum atomic E-state index is -0.151. The first-order chi connectivity index (χ1) is 13.2. The van der Waals surface area contributed by atoms with E-state index in [-0.39, 0.29) is 6.10 Å². The van der Waals surface area contributed by atoms with Gasteiger partial charge in [0.25, 0.3) is 0 Å². The number of hydrogen-bond donors (Lipinski definition) is 1. The highest BCUT2D eigenvalue weighted by Crippen LogP contribution is 2.41. The van der Waals surface area contributed by atoms with Crippen LogP contribution in [0.2, 0.25) is 0 Å². The van der Waals surface area contributed by atoms with Crippen molar-refractivity contribution in [3.63, 3.8) is 0 Å². The summed E-state index contributed by atoms with van der Waals surface area (Å²) in [7, 11) is 0. The van der Waals surface area contributed by atoms with Gasteiger partial charge in [-0.1, -0.05) is 6.92 Å². The Labute approximate surface area is 165 Å². The zero-order valence-corrected chi connectivity index (χ0v) is 17.1. The van der Waals surface area contributed by atoms with Crippen molar-refractivity contribution in [1.82, 2.24) is 14.9 Å². The molecule has 5 rings (SSSR count). The number of aromatic nitrogens is 2. The summed E-state index contributed by atoms with van der Waals surface area (Å²) in [6, 6.07) is 0. The molecule has 0 bridgehead atoms. The Bertz CT molecular complexity index is 819. The van der Waals surface area contributed by atoms with Gasteiger partial charge in [0.15, 0.2) is 0 Å². The fourth-order valence-corrected chi connectivity index (χ4v) is 6.09. The SMILES string of the molecule is CC1CCN(Cc2nc(N3CCC(O)CC3)c3c4c(sc3n2)CCC4)CC1. The van der Waals surface area contributed by atoms with E-state index < -0.39 is 0 Å². The fraction of sp³-hybridized carbons (Fsp3) is 0.714. The normalized spacial score (nSPS) is 22.7. The lowest BCUT2D eigenvalue weighted by Gasteiger charge is -2.32. The summed E-state index contributed by atoms with van der Waals surface area (Å²) in [5.41, 5.74) is 1.51. The summed E-state index contributed by atoms with van der Waals surface area (Å²) in [4.78, 5) is 17.8. The van der Waals surface area contributed by atoms with Crippen LogP contribution < -0.4 is 4.90 Å². The number of likely N-dealkylation sites (tertiary alicyclic amines) is 1. The maximum Gasteiger partial charge on any atom is 0.146 e. The average molecular weight is 387 g/mol. The number of fused-ring (bicyclic) bond motifs is 3. The molecule has 2 aliphatic heterocycles. The van der Waals surface area contributed by atoms with Crippen LogP contribution in [-0.2, 0) is 19.4 Å². The van der Waals surface area contributed by atoms with Gasteiger partial charge in [-0.25, -0.2) is 9.97 Å². The number of anilines is 1. The monoisotopic (exact) mass is 386 g/mol. The van der Waals surface area contributed by atoms with Gasteiger partial charge in [0, 0.05) is 18.0 Å². The third-order valence-electron chi connectivity index (χ3n) is 6.60. The van der Waals surface area contributed by atoms with Gasteiger partial charge in [0.1, 0.15) is 16.5 Å². The first-order valence-corrected chi connectivity index (χ1v) is 11.5. The lowest BCUT2D eigenvalue weighted by molar-refractivity contribution is 0.145. The second-order valence-corrected chi connectivity index (χ2v) is 9.76. The third kappa shape index (κ3) is 3.47. The second-order valence-electron chi connectivity index (χ2n) is 8.68. The number of aliphatic hydroxyl groups excluding tert-OH is 1. The summed E-state index contributed by atoms with van der Waals surface area (Å²) in [6.07, 6.45) is 7.75. The summed E-state index contributed by atoms with van der Waals surface area (Å²) in [5.74, 6) is 2.98. The first-order valence-electron chi connectivity index (χ1n) is 10.6. The van der Waals surface area contributed by atoms with Gasteiger partial charge in [-0.05, 0) is 69.5 Å². The number of hydrogen-bond acceptors (Lipinski definition) is 6. The highest BCUT2D eigenvalue weighted by Gasteiger charge is 2.27. The molecule has 0 aromatic carbocycles. The molecule has 146 valence electrons. The molecule has 1 N–H and O–H groups in total. The zero-order valence-electron chi connectivity index (χ0n) is 16.3. The first kappa shape index (κ1) is 17.8. The molecule has 0 radical (unpaired) electrons. The Morgan fingerprint density at radius 2 is 1.81 bits per heavy atom. The van der Waals surface area contributed by atoms with Crippen LogP contribution in [0, 0.1) is 5.92 Å². The highest BCUT2D eigenvalue weighted by molar-refractivity contribution is 7.19. The van der Waals surface area contributed by atoms with E-state index in [1.54, 1.807) is 0 Å². The van der Waals surface area contributed by atoms with Crippen LogP contribution in [0.5, 0.6) is 0 Å². The van der Waals surface area contributed by atoms with E-state index in [9.17, 15) is 5.11 Å². The van der Waals surface area contributed by atoms with Gasteiger partial charge in [-0.2, -0.15) is 0 Å². The number of piperidine rings is 2. The van der Waals surface area contributed by atoms with E-state index in [0.29, 0.717) is 0 Å². The van der Waals surface area contributed by atoms with Gasteiger partial charge < -0.3 is 10.0 Å². The molecule has 6 heteroatoms. The van der Waals surface area contributed by atoms with Crippen LogP contribution in [0.3, 0.4) is 0 Å². The van der Waals surface area contributed by atoms with Crippen molar-refractivity contribution in [3.8, 4) is 0 Å². The molecule has 0 spiro atoms. The number of rotatable bonds is 3. The molecule has 1 aliphatic carbocycles. The van der Waals surface area contributed by atoms with Crippen molar-refractivity contribution in [2.75, 3.05) is 31.1 Å². The van der Waals surface area contributed by atoms with E-state index in [1.165, 1.54) is 52.8 Å². The lowest BCUT2D eigenvalue weighted by Crippen LogP contribution is -2.37. The van der Waals surface area contributed by atoms with Crippen LogP contribution >= 0.6 is 11.3 Å². The summed E-state index contributed by atoms with van der Waals surface area (Å²) >= 11 is 1.90. The van der Waals surface area contributed by atoms with E-state index in [2.05, 4.69) is 16.7 Å². The molecule has 2 saturated heterocycles. The largest absolute Gasteiger partial charge is 0.393 e. The molecular weight excluding hydrogens is 356 g/mol. The van der Waals surface area contributed by atoms with E-state index in [0.717, 1.165) is 63.1 Å². The predicted molar refractivity (Wildman–Crippen MR) is 111 cm³/mol. The smallest absolute Gasteiger partial charge is 0.146 e. The van der Waals surface area contributed by atoms with Crippen molar-refractivity contribution in [2.24, 2.45) is 5.92 Å². The third-order valence-corrected chi connectivity index (χ3v) is 7.78. The summed E-state index contributed by atoms with van der Waals surface area (Å²) < 4.78 is 0. The molecule has 0 atom stereocenters. The van der Waals surface area contributed by atoms with Crippen LogP contribution in [0.15, 0.2) is 0 Å². The van der Waals surface area contributed by atoms with E-state index >= 15 is 0 Å². The molecule has 27 heavy (non-hydrogen) atoms. The molecule has 0 saturated carbocycles. The number of aryl methyl sites for hydroxylation is 2. The quantitative estimate of drug-likeness (QED) is 0.876. The van der Waals surface area contributed by atoms with Crippen LogP contribution in [0.4, 0.5) is 5.82 Å². The molecule has 0 unspecified atom stereocenters. The Kier molecular flexibility index (Phi) is 4.82. The Balaban J connectivity index is 1.49. The van der Waals surface area contributed by atoms with Gasteiger partial charge in [0.2, 0.25) is 0 Å². The van der Waals surface area contributed by atoms with Gasteiger partial charge in [0.05, 0.1) is 18.0 Å². The maximum absolute atomic E-state index is 9.93. The highest BCUT2D eigenvalue weighted by atomic mass is 32.1.